The summed E-state index contributed by atoms with van der Waals surface area (Å²) in [5.74, 6) is 0.581. The van der Waals surface area contributed by atoms with Gasteiger partial charge in [-0.25, -0.2) is 8.42 Å². The molecule has 9 heteroatoms. The van der Waals surface area contributed by atoms with Crippen molar-refractivity contribution < 1.29 is 17.9 Å². The minimum absolute atomic E-state index is 0.0906. The summed E-state index contributed by atoms with van der Waals surface area (Å²) >= 11 is 1.24. The Morgan fingerprint density at radius 2 is 1.83 bits per heavy atom. The fraction of sp³-hybridized carbons (Fsp3) is 0.762. The maximum Gasteiger partial charge on any atom is 0.252 e. The zero-order valence-corrected chi connectivity index (χ0v) is 19.1. The standard InChI is InChI=1S/C21H33N3O4S2/c22-13-19-6-7-20(29-19)30(26,27)24-14-17(16-4-2-1-3-5-16)12-18(15-24)21(25)23-8-10-28-11-9-23/h6-7,16-18H,1-5,8-15,22H2/t17-,18+/m1/s1. The lowest BCUT2D eigenvalue weighted by Gasteiger charge is -2.42. The van der Waals surface area contributed by atoms with Crippen LogP contribution in [0.4, 0.5) is 0 Å². The molecule has 0 bridgehead atoms. The van der Waals surface area contributed by atoms with Crippen LogP contribution in [-0.2, 0) is 26.1 Å². The van der Waals surface area contributed by atoms with Gasteiger partial charge in [-0.3, -0.25) is 4.79 Å². The second-order valence-corrected chi connectivity index (χ2v) is 12.1. The van der Waals surface area contributed by atoms with Crippen LogP contribution in [0.3, 0.4) is 0 Å². The molecule has 4 rings (SSSR count). The van der Waals surface area contributed by atoms with Gasteiger partial charge in [-0.1, -0.05) is 32.1 Å². The summed E-state index contributed by atoms with van der Waals surface area (Å²) < 4.78 is 34.2. The van der Waals surface area contributed by atoms with E-state index < -0.39 is 10.0 Å². The minimum atomic E-state index is -3.62. The van der Waals surface area contributed by atoms with E-state index in [2.05, 4.69) is 0 Å². The smallest absolute Gasteiger partial charge is 0.252 e. The van der Waals surface area contributed by atoms with Gasteiger partial charge < -0.3 is 15.4 Å². The molecule has 1 aromatic heterocycles. The average Bonchev–Trinajstić information content (AvgIpc) is 3.30. The van der Waals surface area contributed by atoms with Crippen LogP contribution in [0, 0.1) is 17.8 Å². The van der Waals surface area contributed by atoms with Crippen LogP contribution in [0.15, 0.2) is 16.3 Å². The molecule has 30 heavy (non-hydrogen) atoms. The fourth-order valence-electron chi connectivity index (χ4n) is 5.19. The zero-order valence-electron chi connectivity index (χ0n) is 17.5. The number of nitrogens with zero attached hydrogens (tertiary/aromatic N) is 2. The molecule has 0 spiro atoms. The third-order valence-corrected chi connectivity index (χ3v) is 10.3. The summed E-state index contributed by atoms with van der Waals surface area (Å²) in [6, 6.07) is 3.45. The average molecular weight is 456 g/mol. The normalized spacial score (nSPS) is 27.3. The Balaban J connectivity index is 1.57. The van der Waals surface area contributed by atoms with Crippen molar-refractivity contribution in [3.05, 3.63) is 17.0 Å². The van der Waals surface area contributed by atoms with Crippen molar-refractivity contribution in [3.8, 4) is 0 Å². The molecule has 1 aliphatic carbocycles. The maximum atomic E-state index is 13.4. The number of ether oxygens (including phenoxy) is 1. The highest BCUT2D eigenvalue weighted by Crippen LogP contribution is 2.39. The summed E-state index contributed by atoms with van der Waals surface area (Å²) in [6.07, 6.45) is 6.77. The van der Waals surface area contributed by atoms with Crippen LogP contribution in [-0.4, -0.2) is 62.9 Å². The zero-order chi connectivity index (χ0) is 21.1. The number of hydrogen-bond donors (Lipinski definition) is 1. The van der Waals surface area contributed by atoms with Crippen LogP contribution >= 0.6 is 11.3 Å². The Morgan fingerprint density at radius 3 is 2.50 bits per heavy atom. The first-order valence-electron chi connectivity index (χ1n) is 11.1. The second-order valence-electron chi connectivity index (χ2n) is 8.78. The van der Waals surface area contributed by atoms with Crippen molar-refractivity contribution in [2.45, 2.75) is 49.3 Å². The lowest BCUT2D eigenvalue weighted by Crippen LogP contribution is -2.52. The predicted molar refractivity (Wildman–Crippen MR) is 117 cm³/mol. The molecular formula is C21H33N3O4S2. The number of carbonyl (C=O) groups is 1. The fourth-order valence-corrected chi connectivity index (χ4v) is 8.13. The topological polar surface area (TPSA) is 92.9 Å². The molecule has 2 N–H and O–H groups in total. The van der Waals surface area contributed by atoms with Crippen molar-refractivity contribution in [2.24, 2.45) is 23.5 Å². The summed E-state index contributed by atoms with van der Waals surface area (Å²) in [5, 5.41) is 0. The molecule has 2 aliphatic heterocycles. The number of thiophene rings is 1. The van der Waals surface area contributed by atoms with E-state index in [1.807, 2.05) is 4.90 Å². The van der Waals surface area contributed by atoms with Gasteiger partial charge in [0.2, 0.25) is 5.91 Å². The molecule has 3 heterocycles. The van der Waals surface area contributed by atoms with Gasteiger partial charge in [0.05, 0.1) is 19.1 Å². The van der Waals surface area contributed by atoms with Crippen LogP contribution in [0.25, 0.3) is 0 Å². The summed E-state index contributed by atoms with van der Waals surface area (Å²) in [6.45, 7) is 3.45. The van der Waals surface area contributed by atoms with Crippen LogP contribution < -0.4 is 5.73 Å². The Kier molecular flexibility index (Phi) is 7.14. The largest absolute Gasteiger partial charge is 0.378 e. The highest BCUT2D eigenvalue weighted by molar-refractivity contribution is 7.91. The second kappa shape index (κ2) is 9.65. The van der Waals surface area contributed by atoms with E-state index in [-0.39, 0.29) is 24.3 Å². The molecule has 2 atom stereocenters. The van der Waals surface area contributed by atoms with Gasteiger partial charge in [0.1, 0.15) is 4.21 Å². The molecule has 0 unspecified atom stereocenters. The number of carbonyl (C=O) groups excluding carboxylic acids is 1. The van der Waals surface area contributed by atoms with E-state index in [4.69, 9.17) is 10.5 Å². The molecule has 7 nitrogen and oxygen atoms in total. The molecule has 0 radical (unpaired) electrons. The molecule has 2 saturated heterocycles. The monoisotopic (exact) mass is 455 g/mol. The first-order chi connectivity index (χ1) is 14.5. The molecule has 168 valence electrons. The Morgan fingerprint density at radius 1 is 1.10 bits per heavy atom. The first kappa shape index (κ1) is 22.2. The van der Waals surface area contributed by atoms with Gasteiger partial charge in [0, 0.05) is 37.6 Å². The van der Waals surface area contributed by atoms with E-state index in [1.165, 1.54) is 30.6 Å². The number of piperidine rings is 1. The van der Waals surface area contributed by atoms with E-state index in [1.54, 1.807) is 16.4 Å². The summed E-state index contributed by atoms with van der Waals surface area (Å²) in [7, 11) is -3.62. The van der Waals surface area contributed by atoms with Crippen LogP contribution in [0.2, 0.25) is 0 Å². The number of hydrogen-bond acceptors (Lipinski definition) is 6. The lowest BCUT2D eigenvalue weighted by atomic mass is 9.74. The van der Waals surface area contributed by atoms with Crippen LogP contribution in [0.5, 0.6) is 0 Å². The van der Waals surface area contributed by atoms with E-state index >= 15 is 0 Å². The van der Waals surface area contributed by atoms with Gasteiger partial charge in [0.15, 0.2) is 0 Å². The van der Waals surface area contributed by atoms with Crippen LogP contribution in [0.1, 0.15) is 43.4 Å². The predicted octanol–water partition coefficient (Wildman–Crippen LogP) is 2.27. The van der Waals surface area contributed by atoms with Gasteiger partial charge in [-0.15, -0.1) is 11.3 Å². The van der Waals surface area contributed by atoms with E-state index in [0.717, 1.165) is 24.1 Å². The number of rotatable bonds is 5. The van der Waals surface area contributed by atoms with Crippen molar-refractivity contribution >= 4 is 27.3 Å². The highest BCUT2D eigenvalue weighted by atomic mass is 32.2. The number of sulfonamides is 1. The van der Waals surface area contributed by atoms with Gasteiger partial charge in [-0.2, -0.15) is 4.31 Å². The lowest BCUT2D eigenvalue weighted by molar-refractivity contribution is -0.141. The summed E-state index contributed by atoms with van der Waals surface area (Å²) in [5.41, 5.74) is 5.69. The molecule has 1 amide bonds. The molecule has 1 aromatic rings. The Hall–Kier alpha value is -1.00. The first-order valence-corrected chi connectivity index (χ1v) is 13.4. The molecule has 0 aromatic carbocycles. The quantitative estimate of drug-likeness (QED) is 0.735. The molecule has 3 fully saturated rings. The minimum Gasteiger partial charge on any atom is -0.378 e. The number of nitrogens with two attached hydrogens (primary N) is 1. The number of morpholine rings is 1. The highest BCUT2D eigenvalue weighted by Gasteiger charge is 2.42. The van der Waals surface area contributed by atoms with Crippen molar-refractivity contribution in [2.75, 3.05) is 39.4 Å². The van der Waals surface area contributed by atoms with Gasteiger partial charge in [0.25, 0.3) is 10.0 Å². The van der Waals surface area contributed by atoms with E-state index in [9.17, 15) is 13.2 Å². The Bertz CT molecular complexity index is 829. The third kappa shape index (κ3) is 4.75. The molecule has 3 aliphatic rings. The maximum absolute atomic E-state index is 13.4. The van der Waals surface area contributed by atoms with Gasteiger partial charge in [-0.05, 0) is 30.4 Å². The van der Waals surface area contributed by atoms with Crippen molar-refractivity contribution in [1.29, 1.82) is 0 Å². The SMILES string of the molecule is NCc1ccc(S(=O)(=O)N2C[C@@H](C(=O)N3CCOCC3)C[C@@H](C3CCCCC3)C2)s1. The Labute approximate surface area is 183 Å². The van der Waals surface area contributed by atoms with E-state index in [0.29, 0.717) is 49.5 Å². The van der Waals surface area contributed by atoms with Crippen molar-refractivity contribution in [3.63, 3.8) is 0 Å². The third-order valence-electron chi connectivity index (χ3n) is 6.87. The molecule has 1 saturated carbocycles. The molecular weight excluding hydrogens is 422 g/mol. The summed E-state index contributed by atoms with van der Waals surface area (Å²) in [4.78, 5) is 16.0. The van der Waals surface area contributed by atoms with Gasteiger partial charge >= 0.3 is 0 Å². The number of amides is 1. The van der Waals surface area contributed by atoms with Crippen molar-refractivity contribution in [1.82, 2.24) is 9.21 Å².